The van der Waals surface area contributed by atoms with Crippen LogP contribution in [-0.2, 0) is 0 Å². The zero-order chi connectivity index (χ0) is 14.6. The second-order valence-electron chi connectivity index (χ2n) is 4.78. The molecule has 0 radical (unpaired) electrons. The summed E-state index contributed by atoms with van der Waals surface area (Å²) < 4.78 is 0. The molecule has 1 amide bonds. The van der Waals surface area contributed by atoms with Gasteiger partial charge in [0.15, 0.2) is 0 Å². The summed E-state index contributed by atoms with van der Waals surface area (Å²) in [5.41, 5.74) is 0.0322. The average Bonchev–Trinajstić information content (AvgIpc) is 2.52. The number of nitrogens with zero attached hydrogens (tertiary/aromatic N) is 1. The van der Waals surface area contributed by atoms with Crippen molar-refractivity contribution in [3.05, 3.63) is 42.1 Å². The molecular formula is C15H18N2O3. The highest BCUT2D eigenvalue weighted by molar-refractivity contribution is 6.05. The fraction of sp³-hybridized carbons (Fsp3) is 0.333. The summed E-state index contributed by atoms with van der Waals surface area (Å²) in [5, 5.41) is 22.4. The standard InChI is InChI=1S/C15H18N2O3/c1-2-15(9-18,10-19)17-14(20)12-7-3-5-11-6-4-8-16-13(11)12/h3-8,18-19H,2,9-10H2,1H3,(H,17,20). The van der Waals surface area contributed by atoms with Gasteiger partial charge in [0, 0.05) is 11.6 Å². The molecule has 1 aromatic carbocycles. The first-order valence-corrected chi connectivity index (χ1v) is 6.54. The van der Waals surface area contributed by atoms with Crippen molar-refractivity contribution in [2.24, 2.45) is 0 Å². The molecule has 0 aliphatic carbocycles. The molecule has 2 aromatic rings. The molecule has 0 saturated heterocycles. The molecule has 1 heterocycles. The molecule has 0 spiro atoms. The van der Waals surface area contributed by atoms with E-state index in [1.54, 1.807) is 25.3 Å². The second kappa shape index (κ2) is 5.98. The lowest BCUT2D eigenvalue weighted by molar-refractivity contribution is 0.0654. The summed E-state index contributed by atoms with van der Waals surface area (Å²) >= 11 is 0. The van der Waals surface area contributed by atoms with E-state index in [0.29, 0.717) is 17.5 Å². The molecule has 0 saturated carbocycles. The van der Waals surface area contributed by atoms with Crippen LogP contribution in [0.4, 0.5) is 0 Å². The minimum atomic E-state index is -1.01. The van der Waals surface area contributed by atoms with Crippen LogP contribution in [0.3, 0.4) is 0 Å². The molecule has 106 valence electrons. The van der Waals surface area contributed by atoms with E-state index in [-0.39, 0.29) is 19.1 Å². The highest BCUT2D eigenvalue weighted by Crippen LogP contribution is 2.17. The maximum Gasteiger partial charge on any atom is 0.254 e. The molecule has 5 nitrogen and oxygen atoms in total. The van der Waals surface area contributed by atoms with E-state index < -0.39 is 5.54 Å². The first-order valence-electron chi connectivity index (χ1n) is 6.54. The van der Waals surface area contributed by atoms with Gasteiger partial charge in [0.05, 0.1) is 29.8 Å². The summed E-state index contributed by atoms with van der Waals surface area (Å²) in [6.07, 6.45) is 2.06. The third-order valence-corrected chi connectivity index (χ3v) is 3.54. The number of aliphatic hydroxyl groups excluding tert-OH is 2. The molecule has 0 bridgehead atoms. The lowest BCUT2D eigenvalue weighted by Crippen LogP contribution is -2.53. The predicted molar refractivity (Wildman–Crippen MR) is 76.4 cm³/mol. The number of para-hydroxylation sites is 1. The fourth-order valence-electron chi connectivity index (χ4n) is 2.04. The SMILES string of the molecule is CCC(CO)(CO)NC(=O)c1cccc2cccnc12. The van der Waals surface area contributed by atoms with Gasteiger partial charge in [-0.25, -0.2) is 0 Å². The van der Waals surface area contributed by atoms with Crippen LogP contribution in [0.25, 0.3) is 10.9 Å². The Kier molecular flexibility index (Phi) is 4.32. The summed E-state index contributed by atoms with van der Waals surface area (Å²) in [7, 11) is 0. The van der Waals surface area contributed by atoms with Crippen molar-refractivity contribution in [2.45, 2.75) is 18.9 Å². The highest BCUT2D eigenvalue weighted by atomic mass is 16.3. The van der Waals surface area contributed by atoms with Crippen LogP contribution in [0.1, 0.15) is 23.7 Å². The van der Waals surface area contributed by atoms with Gasteiger partial charge in [-0.3, -0.25) is 9.78 Å². The van der Waals surface area contributed by atoms with Crippen LogP contribution in [0, 0.1) is 0 Å². The average molecular weight is 274 g/mol. The number of rotatable bonds is 5. The lowest BCUT2D eigenvalue weighted by atomic mass is 9.97. The Balaban J connectivity index is 2.37. The number of fused-ring (bicyclic) bond motifs is 1. The third kappa shape index (κ3) is 2.64. The van der Waals surface area contributed by atoms with Crippen molar-refractivity contribution >= 4 is 16.8 Å². The Morgan fingerprint density at radius 3 is 2.60 bits per heavy atom. The van der Waals surface area contributed by atoms with Crippen LogP contribution in [0.15, 0.2) is 36.5 Å². The molecule has 2 rings (SSSR count). The van der Waals surface area contributed by atoms with Crippen LogP contribution in [-0.4, -0.2) is 39.9 Å². The van der Waals surface area contributed by atoms with Crippen molar-refractivity contribution in [3.63, 3.8) is 0 Å². The number of aromatic nitrogens is 1. The van der Waals surface area contributed by atoms with Gasteiger partial charge in [0.2, 0.25) is 0 Å². The Hall–Kier alpha value is -1.98. The van der Waals surface area contributed by atoms with Crippen LogP contribution < -0.4 is 5.32 Å². The van der Waals surface area contributed by atoms with Gasteiger partial charge in [-0.2, -0.15) is 0 Å². The summed E-state index contributed by atoms with van der Waals surface area (Å²) in [6.45, 7) is 1.17. The Labute approximate surface area is 117 Å². The van der Waals surface area contributed by atoms with E-state index in [2.05, 4.69) is 10.3 Å². The zero-order valence-electron chi connectivity index (χ0n) is 11.3. The Morgan fingerprint density at radius 1 is 1.25 bits per heavy atom. The molecule has 0 fully saturated rings. The number of benzene rings is 1. The molecule has 3 N–H and O–H groups in total. The van der Waals surface area contributed by atoms with Gasteiger partial charge in [-0.05, 0) is 18.6 Å². The number of amides is 1. The number of pyridine rings is 1. The smallest absolute Gasteiger partial charge is 0.254 e. The monoisotopic (exact) mass is 274 g/mol. The van der Waals surface area contributed by atoms with E-state index in [1.807, 2.05) is 18.2 Å². The van der Waals surface area contributed by atoms with Crippen molar-refractivity contribution in [3.8, 4) is 0 Å². The first-order chi connectivity index (χ1) is 9.65. The Bertz CT molecular complexity index is 595. The Morgan fingerprint density at radius 2 is 1.95 bits per heavy atom. The molecule has 20 heavy (non-hydrogen) atoms. The van der Waals surface area contributed by atoms with Gasteiger partial charge in [0.1, 0.15) is 0 Å². The van der Waals surface area contributed by atoms with Crippen LogP contribution in [0.2, 0.25) is 0 Å². The lowest BCUT2D eigenvalue weighted by Gasteiger charge is -2.29. The van der Waals surface area contributed by atoms with Gasteiger partial charge in [0.25, 0.3) is 5.91 Å². The van der Waals surface area contributed by atoms with Crippen molar-refractivity contribution in [1.29, 1.82) is 0 Å². The quantitative estimate of drug-likeness (QED) is 0.762. The summed E-state index contributed by atoms with van der Waals surface area (Å²) in [4.78, 5) is 16.6. The third-order valence-electron chi connectivity index (χ3n) is 3.54. The van der Waals surface area contributed by atoms with Gasteiger partial charge in [-0.1, -0.05) is 25.1 Å². The fourth-order valence-corrected chi connectivity index (χ4v) is 2.04. The number of nitrogens with one attached hydrogen (secondary N) is 1. The maximum atomic E-state index is 12.4. The number of carbonyl (C=O) groups excluding carboxylic acids is 1. The van der Waals surface area contributed by atoms with Crippen molar-refractivity contribution in [2.75, 3.05) is 13.2 Å². The van der Waals surface area contributed by atoms with Gasteiger partial charge >= 0.3 is 0 Å². The van der Waals surface area contributed by atoms with E-state index in [0.717, 1.165) is 5.39 Å². The molecule has 0 unspecified atom stereocenters. The topological polar surface area (TPSA) is 82.5 Å². The first kappa shape index (κ1) is 14.4. The van der Waals surface area contributed by atoms with Crippen molar-refractivity contribution < 1.29 is 15.0 Å². The summed E-state index contributed by atoms with van der Waals surface area (Å²) in [6, 6.07) is 9.03. The number of hydrogen-bond acceptors (Lipinski definition) is 4. The minimum absolute atomic E-state index is 0.316. The normalized spacial score (nSPS) is 11.6. The number of carbonyl (C=O) groups is 1. The molecule has 0 aliphatic heterocycles. The van der Waals surface area contributed by atoms with E-state index in [4.69, 9.17) is 0 Å². The molecular weight excluding hydrogens is 256 g/mol. The van der Waals surface area contributed by atoms with E-state index >= 15 is 0 Å². The number of hydrogen-bond donors (Lipinski definition) is 3. The maximum absolute atomic E-state index is 12.4. The molecule has 5 heteroatoms. The summed E-state index contributed by atoms with van der Waals surface area (Å²) in [5.74, 6) is -0.348. The van der Waals surface area contributed by atoms with Gasteiger partial charge < -0.3 is 15.5 Å². The molecule has 1 aromatic heterocycles. The van der Waals surface area contributed by atoms with Crippen LogP contribution in [0.5, 0.6) is 0 Å². The van der Waals surface area contributed by atoms with Crippen LogP contribution >= 0.6 is 0 Å². The van der Waals surface area contributed by atoms with Gasteiger partial charge in [-0.15, -0.1) is 0 Å². The second-order valence-corrected chi connectivity index (χ2v) is 4.78. The molecule has 0 aliphatic rings. The van der Waals surface area contributed by atoms with E-state index in [9.17, 15) is 15.0 Å². The minimum Gasteiger partial charge on any atom is -0.394 e. The van der Waals surface area contributed by atoms with E-state index in [1.165, 1.54) is 0 Å². The van der Waals surface area contributed by atoms with Crippen molar-refractivity contribution in [1.82, 2.24) is 10.3 Å². The largest absolute Gasteiger partial charge is 0.394 e. The number of aliphatic hydroxyl groups is 2. The predicted octanol–water partition coefficient (Wildman–Crippen LogP) is 1.10. The molecule has 0 atom stereocenters. The zero-order valence-corrected chi connectivity index (χ0v) is 11.3. The highest BCUT2D eigenvalue weighted by Gasteiger charge is 2.29.